The Bertz CT molecular complexity index is 1080. The van der Waals surface area contributed by atoms with Gasteiger partial charge in [0.2, 0.25) is 15.9 Å². The number of rotatable bonds is 6. The van der Waals surface area contributed by atoms with Crippen molar-refractivity contribution in [2.45, 2.75) is 17.9 Å². The summed E-state index contributed by atoms with van der Waals surface area (Å²) in [5, 5.41) is 2.84. The summed E-state index contributed by atoms with van der Waals surface area (Å²) in [6, 6.07) is 12.6. The summed E-state index contributed by atoms with van der Waals surface area (Å²) in [5.41, 5.74) is 1.01. The second-order valence-electron chi connectivity index (χ2n) is 8.18. The second-order valence-corrected chi connectivity index (χ2v) is 10.1. The van der Waals surface area contributed by atoms with Crippen molar-refractivity contribution >= 4 is 27.3 Å². The van der Waals surface area contributed by atoms with Crippen LogP contribution in [0.4, 0.5) is 15.8 Å². The highest BCUT2D eigenvalue weighted by Gasteiger charge is 2.28. The van der Waals surface area contributed by atoms with Gasteiger partial charge in [-0.05, 0) is 37.3 Å². The number of halogens is 1. The van der Waals surface area contributed by atoms with E-state index in [0.29, 0.717) is 63.9 Å². The number of carbonyl (C=O) groups is 1. The van der Waals surface area contributed by atoms with Crippen LogP contribution in [0, 0.1) is 5.82 Å². The van der Waals surface area contributed by atoms with Crippen molar-refractivity contribution in [1.82, 2.24) is 9.21 Å². The van der Waals surface area contributed by atoms with Crippen LogP contribution in [0.3, 0.4) is 0 Å². The zero-order valence-corrected chi connectivity index (χ0v) is 19.4. The molecule has 0 radical (unpaired) electrons. The Morgan fingerprint density at radius 3 is 2.39 bits per heavy atom. The Morgan fingerprint density at radius 1 is 1.00 bits per heavy atom. The number of hydrogen-bond acceptors (Lipinski definition) is 6. The normalized spacial score (nSPS) is 19.3. The van der Waals surface area contributed by atoms with E-state index < -0.39 is 16.1 Å². The summed E-state index contributed by atoms with van der Waals surface area (Å²) >= 11 is 0. The van der Waals surface area contributed by atoms with E-state index in [-0.39, 0.29) is 16.6 Å². The van der Waals surface area contributed by atoms with Gasteiger partial charge in [-0.1, -0.05) is 18.2 Å². The van der Waals surface area contributed by atoms with Gasteiger partial charge in [0.25, 0.3) is 0 Å². The summed E-state index contributed by atoms with van der Waals surface area (Å²) < 4.78 is 46.5. The highest BCUT2D eigenvalue weighted by atomic mass is 32.2. The lowest BCUT2D eigenvalue weighted by Gasteiger charge is -2.38. The van der Waals surface area contributed by atoms with Crippen molar-refractivity contribution in [2.75, 3.05) is 62.7 Å². The van der Waals surface area contributed by atoms with E-state index in [1.807, 2.05) is 22.8 Å². The minimum absolute atomic E-state index is 0.147. The van der Waals surface area contributed by atoms with Crippen LogP contribution >= 0.6 is 0 Å². The Labute approximate surface area is 194 Å². The number of anilines is 2. The van der Waals surface area contributed by atoms with Gasteiger partial charge in [0.1, 0.15) is 5.82 Å². The Morgan fingerprint density at radius 2 is 1.70 bits per heavy atom. The van der Waals surface area contributed by atoms with Crippen LogP contribution < -0.4 is 10.2 Å². The van der Waals surface area contributed by atoms with Gasteiger partial charge in [-0.3, -0.25) is 9.69 Å². The summed E-state index contributed by atoms with van der Waals surface area (Å²) in [6.07, 6.45) is 0. The van der Waals surface area contributed by atoms with Crippen molar-refractivity contribution in [2.24, 2.45) is 0 Å². The molecule has 1 atom stereocenters. The lowest BCUT2D eigenvalue weighted by molar-refractivity contribution is -0.120. The summed E-state index contributed by atoms with van der Waals surface area (Å²) in [4.78, 5) is 17.0. The standard InChI is InChI=1S/C23H29FN4O4S/c1-18(26-9-11-27(12-10-26)22-8-3-2-7-21(22)24)23(29)25-19-5-4-6-20(17-19)33(30,31)28-13-15-32-16-14-28/h2-8,17-18H,9-16H2,1H3,(H,25,29)/t18-/m1/s1. The van der Waals surface area contributed by atoms with Gasteiger partial charge < -0.3 is 15.0 Å². The Balaban J connectivity index is 1.37. The molecule has 1 amide bonds. The monoisotopic (exact) mass is 476 g/mol. The number of carbonyl (C=O) groups excluding carboxylic acids is 1. The third kappa shape index (κ3) is 5.35. The van der Waals surface area contributed by atoms with E-state index in [0.717, 1.165) is 0 Å². The maximum atomic E-state index is 14.1. The molecular formula is C23H29FN4O4S. The molecule has 0 bridgehead atoms. The molecule has 10 heteroatoms. The van der Waals surface area contributed by atoms with Crippen molar-refractivity contribution in [1.29, 1.82) is 0 Å². The third-order valence-corrected chi connectivity index (χ3v) is 8.04. The highest BCUT2D eigenvalue weighted by Crippen LogP contribution is 2.23. The summed E-state index contributed by atoms with van der Waals surface area (Å²) in [7, 11) is -3.64. The molecule has 2 saturated heterocycles. The van der Waals surface area contributed by atoms with Crippen LogP contribution in [-0.2, 0) is 19.6 Å². The molecule has 2 heterocycles. The van der Waals surface area contributed by atoms with Crippen LogP contribution in [0.15, 0.2) is 53.4 Å². The molecule has 2 aliphatic heterocycles. The lowest BCUT2D eigenvalue weighted by atomic mass is 10.2. The SMILES string of the molecule is C[C@H](C(=O)Nc1cccc(S(=O)(=O)N2CCOCC2)c1)N1CCN(c2ccccc2F)CC1. The fourth-order valence-electron chi connectivity index (χ4n) is 4.14. The molecule has 2 aromatic rings. The maximum Gasteiger partial charge on any atom is 0.243 e. The molecule has 0 unspecified atom stereocenters. The number of morpholine rings is 1. The molecule has 33 heavy (non-hydrogen) atoms. The van der Waals surface area contributed by atoms with Gasteiger partial charge in [0.05, 0.1) is 29.8 Å². The van der Waals surface area contributed by atoms with Gasteiger partial charge in [-0.2, -0.15) is 4.31 Å². The molecule has 2 aliphatic rings. The molecule has 2 aromatic carbocycles. The first-order valence-electron chi connectivity index (χ1n) is 11.1. The van der Waals surface area contributed by atoms with Crippen molar-refractivity contribution in [3.05, 3.63) is 54.3 Å². The first kappa shape index (κ1) is 23.6. The van der Waals surface area contributed by atoms with Gasteiger partial charge in [-0.15, -0.1) is 0 Å². The molecular weight excluding hydrogens is 447 g/mol. The zero-order chi connectivity index (χ0) is 23.4. The number of sulfonamides is 1. The predicted molar refractivity (Wildman–Crippen MR) is 124 cm³/mol. The Kier molecular flexibility index (Phi) is 7.28. The fraction of sp³-hybridized carbons (Fsp3) is 0.435. The largest absolute Gasteiger partial charge is 0.379 e. The van der Waals surface area contributed by atoms with Crippen molar-refractivity contribution < 1.29 is 22.3 Å². The van der Waals surface area contributed by atoms with E-state index in [9.17, 15) is 17.6 Å². The first-order valence-corrected chi connectivity index (χ1v) is 12.5. The maximum absolute atomic E-state index is 14.1. The second kappa shape index (κ2) is 10.2. The number of hydrogen-bond donors (Lipinski definition) is 1. The molecule has 178 valence electrons. The molecule has 1 N–H and O–H groups in total. The van der Waals surface area contributed by atoms with Crippen LogP contribution in [0.5, 0.6) is 0 Å². The number of nitrogens with zero attached hydrogens (tertiary/aromatic N) is 3. The lowest BCUT2D eigenvalue weighted by Crippen LogP contribution is -2.53. The van der Waals surface area contributed by atoms with Crippen LogP contribution in [0.25, 0.3) is 0 Å². The number of benzene rings is 2. The molecule has 8 nitrogen and oxygen atoms in total. The number of nitrogens with one attached hydrogen (secondary N) is 1. The van der Waals surface area contributed by atoms with E-state index in [1.165, 1.54) is 22.5 Å². The van der Waals surface area contributed by atoms with Crippen molar-refractivity contribution in [3.8, 4) is 0 Å². The third-order valence-electron chi connectivity index (χ3n) is 6.14. The van der Waals surface area contributed by atoms with Gasteiger partial charge in [-0.25, -0.2) is 12.8 Å². The number of piperazine rings is 1. The number of amides is 1. The number of ether oxygens (including phenoxy) is 1. The highest BCUT2D eigenvalue weighted by molar-refractivity contribution is 7.89. The molecule has 0 aromatic heterocycles. The van der Waals surface area contributed by atoms with Crippen LogP contribution in [0.2, 0.25) is 0 Å². The van der Waals surface area contributed by atoms with Crippen LogP contribution in [0.1, 0.15) is 6.92 Å². The molecule has 0 aliphatic carbocycles. The molecule has 2 fully saturated rings. The average molecular weight is 477 g/mol. The molecule has 4 rings (SSSR count). The van der Waals surface area contributed by atoms with E-state index in [1.54, 1.807) is 24.3 Å². The predicted octanol–water partition coefficient (Wildman–Crippen LogP) is 2.00. The van der Waals surface area contributed by atoms with Gasteiger partial charge >= 0.3 is 0 Å². The summed E-state index contributed by atoms with van der Waals surface area (Å²) in [5.74, 6) is -0.459. The summed E-state index contributed by atoms with van der Waals surface area (Å²) in [6.45, 7) is 5.67. The van der Waals surface area contributed by atoms with E-state index >= 15 is 0 Å². The minimum atomic E-state index is -3.64. The smallest absolute Gasteiger partial charge is 0.243 e. The van der Waals surface area contributed by atoms with Gasteiger partial charge in [0, 0.05) is 45.0 Å². The Hall–Kier alpha value is -2.53. The van der Waals surface area contributed by atoms with Crippen LogP contribution in [-0.4, -0.2) is 82.1 Å². The zero-order valence-electron chi connectivity index (χ0n) is 18.6. The van der Waals surface area contributed by atoms with Gasteiger partial charge in [0.15, 0.2) is 0 Å². The minimum Gasteiger partial charge on any atom is -0.379 e. The molecule has 0 spiro atoms. The molecule has 0 saturated carbocycles. The number of para-hydroxylation sites is 1. The first-order chi connectivity index (χ1) is 15.9. The average Bonchev–Trinajstić information content (AvgIpc) is 2.85. The fourth-order valence-corrected chi connectivity index (χ4v) is 5.60. The quantitative estimate of drug-likeness (QED) is 0.687. The van der Waals surface area contributed by atoms with E-state index in [2.05, 4.69) is 5.32 Å². The van der Waals surface area contributed by atoms with Crippen molar-refractivity contribution in [3.63, 3.8) is 0 Å². The van der Waals surface area contributed by atoms with E-state index in [4.69, 9.17) is 4.74 Å². The topological polar surface area (TPSA) is 82.2 Å².